The van der Waals surface area contributed by atoms with Crippen molar-refractivity contribution < 1.29 is 14.3 Å². The first kappa shape index (κ1) is 15.1. The number of benzene rings is 1. The summed E-state index contributed by atoms with van der Waals surface area (Å²) in [5.74, 6) is 0.443. The number of nitrogens with zero attached hydrogens (tertiary/aromatic N) is 2. The lowest BCUT2D eigenvalue weighted by atomic mass is 10.1. The predicted molar refractivity (Wildman–Crippen MR) is 79.6 cm³/mol. The van der Waals surface area contributed by atoms with Crippen LogP contribution in [-0.4, -0.2) is 28.7 Å². The fraction of sp³-hybridized carbons (Fsp3) is 0.375. The van der Waals surface area contributed by atoms with Gasteiger partial charge >= 0.3 is 5.97 Å². The highest BCUT2D eigenvalue weighted by Crippen LogP contribution is 2.22. The van der Waals surface area contributed by atoms with Crippen LogP contribution in [0.15, 0.2) is 36.8 Å². The molecular formula is C16H20N2O3. The van der Waals surface area contributed by atoms with E-state index in [0.29, 0.717) is 5.69 Å². The van der Waals surface area contributed by atoms with Crippen molar-refractivity contribution in [3.63, 3.8) is 0 Å². The molecule has 1 aromatic heterocycles. The first-order valence-electron chi connectivity index (χ1n) is 6.89. The predicted octanol–water partition coefficient (Wildman–Crippen LogP) is 3.07. The molecule has 112 valence electrons. The molecule has 0 saturated carbocycles. The van der Waals surface area contributed by atoms with Crippen molar-refractivity contribution in [2.24, 2.45) is 0 Å². The highest BCUT2D eigenvalue weighted by molar-refractivity contribution is 5.87. The van der Waals surface area contributed by atoms with Crippen LogP contribution in [0.1, 0.15) is 42.9 Å². The summed E-state index contributed by atoms with van der Waals surface area (Å²) < 4.78 is 12.2. The zero-order valence-electron chi connectivity index (χ0n) is 12.7. The first-order chi connectivity index (χ1) is 10.0. The van der Waals surface area contributed by atoms with Crippen molar-refractivity contribution in [3.8, 4) is 5.75 Å². The molecule has 2 rings (SSSR count). The van der Waals surface area contributed by atoms with Gasteiger partial charge in [0.05, 0.1) is 31.8 Å². The van der Waals surface area contributed by atoms with Gasteiger partial charge in [-0.05, 0) is 38.5 Å². The van der Waals surface area contributed by atoms with Crippen LogP contribution in [0.2, 0.25) is 0 Å². The summed E-state index contributed by atoms with van der Waals surface area (Å²) in [5, 5.41) is 0. The summed E-state index contributed by atoms with van der Waals surface area (Å²) in [5.41, 5.74) is 1.51. The first-order valence-corrected chi connectivity index (χ1v) is 6.89. The molecule has 21 heavy (non-hydrogen) atoms. The zero-order chi connectivity index (χ0) is 15.4. The molecule has 0 aliphatic carbocycles. The Kier molecular flexibility index (Phi) is 4.62. The molecule has 0 amide bonds. The van der Waals surface area contributed by atoms with Crippen molar-refractivity contribution in [1.29, 1.82) is 0 Å². The molecule has 0 N–H and O–H groups in total. The maximum Gasteiger partial charge on any atom is 0.356 e. The number of hydrogen-bond donors (Lipinski definition) is 0. The third kappa shape index (κ3) is 3.42. The molecule has 1 unspecified atom stereocenters. The number of carbonyl (C=O) groups is 1. The van der Waals surface area contributed by atoms with Gasteiger partial charge in [0.1, 0.15) is 11.4 Å². The average molecular weight is 288 g/mol. The highest BCUT2D eigenvalue weighted by atomic mass is 16.5. The van der Waals surface area contributed by atoms with Gasteiger partial charge in [-0.25, -0.2) is 9.78 Å². The monoisotopic (exact) mass is 288 g/mol. The number of carbonyl (C=O) groups excluding carboxylic acids is 1. The summed E-state index contributed by atoms with van der Waals surface area (Å²) in [6.07, 6.45) is 3.02. The number of methoxy groups -OCH3 is 1. The second-order valence-electron chi connectivity index (χ2n) is 5.09. The average Bonchev–Trinajstić information content (AvgIpc) is 2.95. The molecule has 5 nitrogen and oxygen atoms in total. The van der Waals surface area contributed by atoms with E-state index < -0.39 is 0 Å². The number of esters is 1. The molecule has 0 fully saturated rings. The molecule has 0 aliphatic rings. The normalized spacial score (nSPS) is 12.2. The van der Waals surface area contributed by atoms with Crippen molar-refractivity contribution in [1.82, 2.24) is 9.55 Å². The van der Waals surface area contributed by atoms with Gasteiger partial charge in [-0.2, -0.15) is 0 Å². The minimum atomic E-state index is -0.358. The second kappa shape index (κ2) is 6.43. The fourth-order valence-corrected chi connectivity index (χ4v) is 2.09. The number of rotatable bonds is 5. The maximum absolute atomic E-state index is 12.1. The van der Waals surface area contributed by atoms with Crippen LogP contribution >= 0.6 is 0 Å². The van der Waals surface area contributed by atoms with Crippen LogP contribution < -0.4 is 4.74 Å². The number of hydrogen-bond acceptors (Lipinski definition) is 4. The quantitative estimate of drug-likeness (QED) is 0.793. The molecule has 0 radical (unpaired) electrons. The van der Waals surface area contributed by atoms with E-state index in [9.17, 15) is 4.79 Å². The van der Waals surface area contributed by atoms with E-state index in [4.69, 9.17) is 9.47 Å². The topological polar surface area (TPSA) is 53.4 Å². The number of aromatic nitrogens is 2. The minimum Gasteiger partial charge on any atom is -0.497 e. The molecule has 1 aromatic carbocycles. The molecule has 5 heteroatoms. The third-order valence-corrected chi connectivity index (χ3v) is 3.23. The molecule has 0 spiro atoms. The van der Waals surface area contributed by atoms with Gasteiger partial charge in [-0.1, -0.05) is 12.1 Å². The largest absolute Gasteiger partial charge is 0.497 e. The lowest BCUT2D eigenvalue weighted by Crippen LogP contribution is -2.18. The lowest BCUT2D eigenvalue weighted by molar-refractivity contribution is 0.0364. The SMILES string of the molecule is COc1ccc(C(C)n2cncc2C(=O)OC(C)C)cc1. The summed E-state index contributed by atoms with van der Waals surface area (Å²) >= 11 is 0. The molecular weight excluding hydrogens is 268 g/mol. The van der Waals surface area contributed by atoms with E-state index in [1.807, 2.05) is 49.6 Å². The van der Waals surface area contributed by atoms with Crippen molar-refractivity contribution in [2.75, 3.05) is 7.11 Å². The van der Waals surface area contributed by atoms with Gasteiger partial charge < -0.3 is 14.0 Å². The van der Waals surface area contributed by atoms with Gasteiger partial charge in [-0.3, -0.25) is 0 Å². The second-order valence-corrected chi connectivity index (χ2v) is 5.09. The lowest BCUT2D eigenvalue weighted by Gasteiger charge is -2.17. The van der Waals surface area contributed by atoms with E-state index in [-0.39, 0.29) is 18.1 Å². The van der Waals surface area contributed by atoms with E-state index >= 15 is 0 Å². The van der Waals surface area contributed by atoms with Gasteiger partial charge in [0.2, 0.25) is 0 Å². The Balaban J connectivity index is 2.25. The fourth-order valence-electron chi connectivity index (χ4n) is 2.09. The van der Waals surface area contributed by atoms with Crippen molar-refractivity contribution in [2.45, 2.75) is 32.9 Å². The number of imidazole rings is 1. The van der Waals surface area contributed by atoms with Crippen molar-refractivity contribution in [3.05, 3.63) is 48.0 Å². The number of ether oxygens (including phenoxy) is 2. The Hall–Kier alpha value is -2.30. The minimum absolute atomic E-state index is 0.0203. The summed E-state index contributed by atoms with van der Waals surface area (Å²) in [6.45, 7) is 5.66. The molecule has 0 aliphatic heterocycles. The van der Waals surface area contributed by atoms with E-state index in [0.717, 1.165) is 11.3 Å². The summed E-state index contributed by atoms with van der Waals surface area (Å²) in [7, 11) is 1.63. The molecule has 0 bridgehead atoms. The van der Waals surface area contributed by atoms with Crippen LogP contribution in [0.5, 0.6) is 5.75 Å². The maximum atomic E-state index is 12.1. The molecule has 1 heterocycles. The Labute approximate surface area is 124 Å². The Bertz CT molecular complexity index is 602. The highest BCUT2D eigenvalue weighted by Gasteiger charge is 2.19. The molecule has 1 atom stereocenters. The smallest absolute Gasteiger partial charge is 0.356 e. The van der Waals surface area contributed by atoms with Crippen LogP contribution in [0.4, 0.5) is 0 Å². The van der Waals surface area contributed by atoms with Crippen LogP contribution in [0.25, 0.3) is 0 Å². The van der Waals surface area contributed by atoms with E-state index in [1.54, 1.807) is 13.4 Å². The van der Waals surface area contributed by atoms with E-state index in [2.05, 4.69) is 4.98 Å². The van der Waals surface area contributed by atoms with Gasteiger partial charge in [0, 0.05) is 0 Å². The van der Waals surface area contributed by atoms with Crippen LogP contribution in [0, 0.1) is 0 Å². The van der Waals surface area contributed by atoms with Crippen LogP contribution in [0.3, 0.4) is 0 Å². The standard InChI is InChI=1S/C16H20N2O3/c1-11(2)21-16(19)15-9-17-10-18(15)12(3)13-5-7-14(20-4)8-6-13/h5-12H,1-4H3. The van der Waals surface area contributed by atoms with Crippen molar-refractivity contribution >= 4 is 5.97 Å². The molecule has 2 aromatic rings. The summed E-state index contributed by atoms with van der Waals surface area (Å²) in [6, 6.07) is 7.72. The van der Waals surface area contributed by atoms with E-state index in [1.165, 1.54) is 6.20 Å². The Morgan fingerprint density at radius 3 is 2.43 bits per heavy atom. The third-order valence-electron chi connectivity index (χ3n) is 3.23. The molecule has 0 saturated heterocycles. The Morgan fingerprint density at radius 2 is 1.86 bits per heavy atom. The van der Waals surface area contributed by atoms with Crippen LogP contribution in [-0.2, 0) is 4.74 Å². The van der Waals surface area contributed by atoms with Gasteiger partial charge in [0.15, 0.2) is 0 Å². The van der Waals surface area contributed by atoms with Gasteiger partial charge in [-0.15, -0.1) is 0 Å². The zero-order valence-corrected chi connectivity index (χ0v) is 12.7. The summed E-state index contributed by atoms with van der Waals surface area (Å²) in [4.78, 5) is 16.1. The van der Waals surface area contributed by atoms with Gasteiger partial charge in [0.25, 0.3) is 0 Å². The Morgan fingerprint density at radius 1 is 1.19 bits per heavy atom.